The van der Waals surface area contributed by atoms with Gasteiger partial charge in [-0.1, -0.05) is 42.5 Å². The predicted molar refractivity (Wildman–Crippen MR) is 89.1 cm³/mol. The standard InChI is InChI=1S/C20H21NO2/c1-23-16-9-7-15(8-10-16)13-21-19(17-12-18(17)20(21)22)11-14-5-3-2-4-6-14/h2-10,17-19H,11-13H2,1H3/t17-,18+,19-/m0/s1. The van der Waals surface area contributed by atoms with Crippen LogP contribution in [0.4, 0.5) is 0 Å². The number of benzene rings is 2. The molecule has 4 rings (SSSR count). The molecular weight excluding hydrogens is 286 g/mol. The summed E-state index contributed by atoms with van der Waals surface area (Å²) < 4.78 is 5.20. The number of likely N-dealkylation sites (tertiary alicyclic amines) is 1. The number of piperidine rings is 1. The van der Waals surface area contributed by atoms with Gasteiger partial charge in [-0.15, -0.1) is 0 Å². The zero-order valence-corrected chi connectivity index (χ0v) is 13.3. The van der Waals surface area contributed by atoms with E-state index >= 15 is 0 Å². The van der Waals surface area contributed by atoms with Crippen molar-refractivity contribution in [3.63, 3.8) is 0 Å². The molecule has 1 aliphatic heterocycles. The predicted octanol–water partition coefficient (Wildman–Crippen LogP) is 3.28. The van der Waals surface area contributed by atoms with E-state index in [0.717, 1.165) is 18.6 Å². The Morgan fingerprint density at radius 2 is 1.78 bits per heavy atom. The first-order chi connectivity index (χ1) is 11.3. The van der Waals surface area contributed by atoms with Crippen molar-refractivity contribution in [3.8, 4) is 5.75 Å². The molecule has 0 aromatic heterocycles. The zero-order valence-electron chi connectivity index (χ0n) is 13.3. The number of nitrogens with zero attached hydrogens (tertiary/aromatic N) is 1. The maximum atomic E-state index is 12.6. The minimum atomic E-state index is 0.280. The van der Waals surface area contributed by atoms with Crippen molar-refractivity contribution in [2.24, 2.45) is 11.8 Å². The number of hydrogen-bond donors (Lipinski definition) is 0. The van der Waals surface area contributed by atoms with E-state index in [1.807, 2.05) is 18.2 Å². The number of methoxy groups -OCH3 is 1. The molecule has 0 radical (unpaired) electrons. The largest absolute Gasteiger partial charge is 0.497 e. The molecule has 0 bridgehead atoms. The highest BCUT2D eigenvalue weighted by molar-refractivity contribution is 5.85. The summed E-state index contributed by atoms with van der Waals surface area (Å²) in [6.45, 7) is 0.702. The van der Waals surface area contributed by atoms with Crippen LogP contribution in [0.5, 0.6) is 5.75 Å². The van der Waals surface area contributed by atoms with Crippen LogP contribution in [0.25, 0.3) is 0 Å². The first kappa shape index (κ1) is 14.3. The Labute approximate surface area is 136 Å². The molecule has 3 nitrogen and oxygen atoms in total. The molecule has 1 saturated heterocycles. The van der Waals surface area contributed by atoms with Crippen LogP contribution in [0.2, 0.25) is 0 Å². The van der Waals surface area contributed by atoms with Crippen LogP contribution in [0.3, 0.4) is 0 Å². The lowest BCUT2D eigenvalue weighted by Gasteiger charge is -2.28. The minimum Gasteiger partial charge on any atom is -0.497 e. The quantitative estimate of drug-likeness (QED) is 0.848. The van der Waals surface area contributed by atoms with Gasteiger partial charge in [0.15, 0.2) is 0 Å². The van der Waals surface area contributed by atoms with Gasteiger partial charge in [-0.05, 0) is 42.0 Å². The second-order valence-corrected chi connectivity index (χ2v) is 6.58. The molecule has 1 saturated carbocycles. The number of hydrogen-bond acceptors (Lipinski definition) is 2. The van der Waals surface area contributed by atoms with Crippen molar-refractivity contribution in [2.45, 2.75) is 25.4 Å². The Kier molecular flexibility index (Phi) is 3.56. The van der Waals surface area contributed by atoms with Crippen LogP contribution in [-0.2, 0) is 17.8 Å². The van der Waals surface area contributed by atoms with Crippen molar-refractivity contribution in [1.82, 2.24) is 4.90 Å². The van der Waals surface area contributed by atoms with Crippen molar-refractivity contribution in [2.75, 3.05) is 7.11 Å². The van der Waals surface area contributed by atoms with Crippen LogP contribution in [0.1, 0.15) is 17.5 Å². The molecule has 1 aliphatic carbocycles. The van der Waals surface area contributed by atoms with Crippen LogP contribution < -0.4 is 4.74 Å². The van der Waals surface area contributed by atoms with Crippen LogP contribution in [-0.4, -0.2) is 24.0 Å². The molecular formula is C20H21NO2. The summed E-state index contributed by atoms with van der Waals surface area (Å²) >= 11 is 0. The molecule has 3 atom stereocenters. The number of rotatable bonds is 5. The summed E-state index contributed by atoms with van der Waals surface area (Å²) in [6.07, 6.45) is 2.04. The van der Waals surface area contributed by atoms with Gasteiger partial charge in [-0.2, -0.15) is 0 Å². The van der Waals surface area contributed by atoms with Crippen LogP contribution in [0.15, 0.2) is 54.6 Å². The summed E-state index contributed by atoms with van der Waals surface area (Å²) in [6, 6.07) is 18.9. The van der Waals surface area contributed by atoms with Crippen LogP contribution in [0, 0.1) is 11.8 Å². The summed E-state index contributed by atoms with van der Waals surface area (Å²) in [4.78, 5) is 14.7. The smallest absolute Gasteiger partial charge is 0.226 e. The zero-order chi connectivity index (χ0) is 15.8. The lowest BCUT2D eigenvalue weighted by atomic mass is 10.0. The first-order valence-electron chi connectivity index (χ1n) is 8.23. The van der Waals surface area contributed by atoms with Gasteiger partial charge in [0.1, 0.15) is 5.75 Å². The molecule has 2 aromatic rings. The molecule has 2 fully saturated rings. The third-order valence-electron chi connectivity index (χ3n) is 5.13. The fourth-order valence-electron chi connectivity index (χ4n) is 3.77. The Balaban J connectivity index is 1.52. The topological polar surface area (TPSA) is 29.5 Å². The molecule has 1 heterocycles. The molecule has 118 valence electrons. The average Bonchev–Trinajstić information content (AvgIpc) is 3.35. The average molecular weight is 307 g/mol. The highest BCUT2D eigenvalue weighted by atomic mass is 16.5. The lowest BCUT2D eigenvalue weighted by molar-refractivity contribution is -0.132. The van der Waals surface area contributed by atoms with Gasteiger partial charge in [-0.3, -0.25) is 4.79 Å². The van der Waals surface area contributed by atoms with E-state index in [1.54, 1.807) is 7.11 Å². The van der Waals surface area contributed by atoms with Gasteiger partial charge in [-0.25, -0.2) is 0 Å². The lowest BCUT2D eigenvalue weighted by Crippen LogP contribution is -2.37. The third-order valence-corrected chi connectivity index (χ3v) is 5.13. The number of fused-ring (bicyclic) bond motifs is 1. The van der Waals surface area contributed by atoms with Crippen molar-refractivity contribution >= 4 is 5.91 Å². The van der Waals surface area contributed by atoms with Crippen molar-refractivity contribution in [3.05, 3.63) is 65.7 Å². The number of carbonyl (C=O) groups is 1. The molecule has 2 aromatic carbocycles. The van der Waals surface area contributed by atoms with E-state index in [1.165, 1.54) is 11.1 Å². The summed E-state index contributed by atoms with van der Waals surface area (Å²) in [5.41, 5.74) is 2.48. The molecule has 0 N–H and O–H groups in total. The van der Waals surface area contributed by atoms with E-state index in [4.69, 9.17) is 4.74 Å². The SMILES string of the molecule is COc1ccc(CN2C(=O)[C@@H]3C[C@@H]3[C@@H]2Cc2ccccc2)cc1. The highest BCUT2D eigenvalue weighted by Crippen LogP contribution is 2.51. The summed E-state index contributed by atoms with van der Waals surface area (Å²) in [7, 11) is 1.67. The second-order valence-electron chi connectivity index (χ2n) is 6.58. The fraction of sp³-hybridized carbons (Fsp3) is 0.350. The highest BCUT2D eigenvalue weighted by Gasteiger charge is 2.57. The number of ether oxygens (including phenoxy) is 1. The maximum Gasteiger partial charge on any atom is 0.226 e. The third kappa shape index (κ3) is 2.72. The number of carbonyl (C=O) groups excluding carboxylic acids is 1. The molecule has 2 aliphatic rings. The normalized spacial score (nSPS) is 25.3. The molecule has 1 amide bonds. The van der Waals surface area contributed by atoms with Crippen molar-refractivity contribution in [1.29, 1.82) is 0 Å². The van der Waals surface area contributed by atoms with E-state index in [-0.39, 0.29) is 5.92 Å². The number of amides is 1. The van der Waals surface area contributed by atoms with E-state index < -0.39 is 0 Å². The Morgan fingerprint density at radius 1 is 1.04 bits per heavy atom. The monoisotopic (exact) mass is 307 g/mol. The van der Waals surface area contributed by atoms with Gasteiger partial charge in [0, 0.05) is 18.5 Å². The van der Waals surface area contributed by atoms with Gasteiger partial charge in [0.25, 0.3) is 0 Å². The van der Waals surface area contributed by atoms with Gasteiger partial charge in [0.05, 0.1) is 7.11 Å². The summed E-state index contributed by atoms with van der Waals surface area (Å²) in [5.74, 6) is 2.03. The minimum absolute atomic E-state index is 0.280. The van der Waals surface area contributed by atoms with Crippen LogP contribution >= 0.6 is 0 Å². The maximum absolute atomic E-state index is 12.6. The van der Waals surface area contributed by atoms with E-state index in [2.05, 4.69) is 41.3 Å². The molecule has 0 unspecified atom stereocenters. The Bertz CT molecular complexity index is 695. The Hall–Kier alpha value is -2.29. The fourth-order valence-corrected chi connectivity index (χ4v) is 3.77. The summed E-state index contributed by atoms with van der Waals surface area (Å²) in [5, 5.41) is 0. The van der Waals surface area contributed by atoms with Gasteiger partial charge >= 0.3 is 0 Å². The van der Waals surface area contributed by atoms with E-state index in [9.17, 15) is 4.79 Å². The molecule has 3 heteroatoms. The molecule has 0 spiro atoms. The first-order valence-corrected chi connectivity index (χ1v) is 8.23. The van der Waals surface area contributed by atoms with Gasteiger partial charge in [0.2, 0.25) is 5.91 Å². The Morgan fingerprint density at radius 3 is 2.48 bits per heavy atom. The van der Waals surface area contributed by atoms with Gasteiger partial charge < -0.3 is 9.64 Å². The second kappa shape index (κ2) is 5.73. The molecule has 23 heavy (non-hydrogen) atoms. The van der Waals surface area contributed by atoms with Crippen molar-refractivity contribution < 1.29 is 9.53 Å². The van der Waals surface area contributed by atoms with E-state index in [0.29, 0.717) is 24.4 Å².